The lowest BCUT2D eigenvalue weighted by Gasteiger charge is -2.19. The normalized spacial score (nSPS) is 11.7. The Kier molecular flexibility index (Phi) is 3.81. The van der Waals surface area contributed by atoms with Gasteiger partial charge in [-0.15, -0.1) is 0 Å². The molecule has 3 aromatic rings. The zero-order valence-electron chi connectivity index (χ0n) is 13.4. The van der Waals surface area contributed by atoms with Gasteiger partial charge in [0.25, 0.3) is 0 Å². The van der Waals surface area contributed by atoms with Crippen LogP contribution in [0.5, 0.6) is 0 Å². The van der Waals surface area contributed by atoms with Gasteiger partial charge >= 0.3 is 5.97 Å². The van der Waals surface area contributed by atoms with Gasteiger partial charge in [-0.25, -0.2) is 18.7 Å². The number of methoxy groups -OCH3 is 1. The number of benzene rings is 1. The van der Waals surface area contributed by atoms with Crippen LogP contribution in [-0.2, 0) is 10.3 Å². The lowest BCUT2D eigenvalue weighted by atomic mass is 9.98. The fraction of sp³-hybridized carbons (Fsp3) is 0.235. The van der Waals surface area contributed by atoms with Crippen LogP contribution in [0.15, 0.2) is 36.5 Å². The van der Waals surface area contributed by atoms with Crippen molar-refractivity contribution in [3.05, 3.63) is 53.6 Å². The van der Waals surface area contributed by atoms with Crippen molar-refractivity contribution in [1.82, 2.24) is 14.6 Å². The van der Waals surface area contributed by atoms with E-state index in [1.807, 2.05) is 0 Å². The highest BCUT2D eigenvalue weighted by Gasteiger charge is 2.24. The molecule has 0 aliphatic heterocycles. The van der Waals surface area contributed by atoms with Gasteiger partial charge in [-0.05, 0) is 44.2 Å². The van der Waals surface area contributed by atoms with E-state index in [4.69, 9.17) is 0 Å². The van der Waals surface area contributed by atoms with Crippen LogP contribution in [0.3, 0.4) is 0 Å². The summed E-state index contributed by atoms with van der Waals surface area (Å²) in [5, 5.41) is 14.8. The molecular weight excluding hydrogens is 313 g/mol. The molecule has 0 atom stereocenters. The van der Waals surface area contributed by atoms with E-state index in [2.05, 4.69) is 14.8 Å². The van der Waals surface area contributed by atoms with Crippen molar-refractivity contribution < 1.29 is 19.0 Å². The zero-order chi connectivity index (χ0) is 17.5. The molecular formula is C17H16FN3O3. The molecule has 2 heterocycles. The summed E-state index contributed by atoms with van der Waals surface area (Å²) < 4.78 is 19.2. The molecule has 0 aliphatic rings. The second kappa shape index (κ2) is 5.68. The Morgan fingerprint density at radius 1 is 1.29 bits per heavy atom. The highest BCUT2D eigenvalue weighted by atomic mass is 19.1. The molecule has 0 amide bonds. The predicted octanol–water partition coefficient (Wildman–Crippen LogP) is 2.55. The van der Waals surface area contributed by atoms with Crippen LogP contribution in [0.2, 0.25) is 0 Å². The number of aromatic nitrogens is 3. The second-order valence-corrected chi connectivity index (χ2v) is 5.90. The molecule has 1 N–H and O–H groups in total. The van der Waals surface area contributed by atoms with Crippen LogP contribution in [0.1, 0.15) is 29.9 Å². The van der Waals surface area contributed by atoms with Crippen molar-refractivity contribution in [3.8, 4) is 11.3 Å². The van der Waals surface area contributed by atoms with Crippen molar-refractivity contribution in [2.75, 3.05) is 7.11 Å². The quantitative estimate of drug-likeness (QED) is 0.747. The van der Waals surface area contributed by atoms with Crippen molar-refractivity contribution in [2.45, 2.75) is 19.4 Å². The van der Waals surface area contributed by atoms with Gasteiger partial charge in [-0.2, -0.15) is 5.10 Å². The fourth-order valence-corrected chi connectivity index (χ4v) is 2.39. The molecule has 3 rings (SSSR count). The van der Waals surface area contributed by atoms with Gasteiger partial charge in [0.2, 0.25) is 0 Å². The first-order valence-corrected chi connectivity index (χ1v) is 7.27. The molecule has 7 heteroatoms. The van der Waals surface area contributed by atoms with Gasteiger partial charge < -0.3 is 9.84 Å². The molecule has 1 aromatic carbocycles. The number of imidazole rings is 1. The Balaban J connectivity index is 2.25. The molecule has 2 aromatic heterocycles. The van der Waals surface area contributed by atoms with Crippen LogP contribution in [0.25, 0.3) is 16.9 Å². The number of hydrogen-bond acceptors (Lipinski definition) is 5. The smallest absolute Gasteiger partial charge is 0.358 e. The number of rotatable bonds is 3. The number of carbonyl (C=O) groups excluding carboxylic acids is 1. The number of carbonyl (C=O) groups is 1. The maximum atomic E-state index is 13.1. The van der Waals surface area contributed by atoms with Crippen LogP contribution < -0.4 is 0 Å². The molecule has 0 bridgehead atoms. The standard InChI is InChI=1S/C17H16FN3O3/c1-17(2,23)12-8-13(10-4-6-11(18)7-5-10)20-21-9-14(16(22)24-3)19-15(12)21/h4-9,23H,1-3H3. The summed E-state index contributed by atoms with van der Waals surface area (Å²) in [5.74, 6) is -0.941. The molecule has 124 valence electrons. The van der Waals surface area contributed by atoms with Crippen LogP contribution in [0.4, 0.5) is 4.39 Å². The largest absolute Gasteiger partial charge is 0.464 e. The van der Waals surface area contributed by atoms with E-state index in [9.17, 15) is 14.3 Å². The molecule has 0 radical (unpaired) electrons. The molecule has 0 fully saturated rings. The average Bonchev–Trinajstić information content (AvgIpc) is 2.96. The Morgan fingerprint density at radius 2 is 1.96 bits per heavy atom. The molecule has 0 saturated heterocycles. The first kappa shape index (κ1) is 16.1. The van der Waals surface area contributed by atoms with Crippen molar-refractivity contribution >= 4 is 11.6 Å². The third kappa shape index (κ3) is 2.85. The number of aliphatic hydroxyl groups is 1. The second-order valence-electron chi connectivity index (χ2n) is 5.90. The minimum Gasteiger partial charge on any atom is -0.464 e. The highest BCUT2D eigenvalue weighted by molar-refractivity contribution is 5.88. The predicted molar refractivity (Wildman–Crippen MR) is 85.0 cm³/mol. The maximum absolute atomic E-state index is 13.1. The van der Waals surface area contributed by atoms with E-state index in [1.165, 1.54) is 30.0 Å². The Morgan fingerprint density at radius 3 is 2.54 bits per heavy atom. The highest BCUT2D eigenvalue weighted by Crippen LogP contribution is 2.28. The third-order valence-corrected chi connectivity index (χ3v) is 3.62. The number of esters is 1. The first-order valence-electron chi connectivity index (χ1n) is 7.27. The lowest BCUT2D eigenvalue weighted by molar-refractivity contribution is 0.0594. The summed E-state index contributed by atoms with van der Waals surface area (Å²) in [4.78, 5) is 15.9. The van der Waals surface area contributed by atoms with E-state index in [-0.39, 0.29) is 11.5 Å². The van der Waals surface area contributed by atoms with E-state index in [0.717, 1.165) is 0 Å². The minimum absolute atomic E-state index is 0.0896. The van der Waals surface area contributed by atoms with Crippen molar-refractivity contribution in [2.24, 2.45) is 0 Å². The first-order chi connectivity index (χ1) is 11.3. The minimum atomic E-state index is -1.21. The summed E-state index contributed by atoms with van der Waals surface area (Å²) in [6, 6.07) is 7.53. The maximum Gasteiger partial charge on any atom is 0.358 e. The van der Waals surface area contributed by atoms with E-state index < -0.39 is 11.6 Å². The number of ether oxygens (including phenoxy) is 1. The SMILES string of the molecule is COC(=O)c1cn2nc(-c3ccc(F)cc3)cc(C(C)(C)O)c2n1. The number of fused-ring (bicyclic) bond motifs is 1. The topological polar surface area (TPSA) is 76.7 Å². The average molecular weight is 329 g/mol. The van der Waals surface area contributed by atoms with Crippen molar-refractivity contribution in [1.29, 1.82) is 0 Å². The number of halogens is 1. The third-order valence-electron chi connectivity index (χ3n) is 3.62. The Bertz CT molecular complexity index is 911. The number of nitrogens with zero attached hydrogens (tertiary/aromatic N) is 3. The molecule has 24 heavy (non-hydrogen) atoms. The van der Waals surface area contributed by atoms with Gasteiger partial charge in [0.15, 0.2) is 11.3 Å². The summed E-state index contributed by atoms with van der Waals surface area (Å²) in [7, 11) is 1.26. The van der Waals surface area contributed by atoms with Gasteiger partial charge in [-0.1, -0.05) is 0 Å². The Hall–Kier alpha value is -2.80. The van der Waals surface area contributed by atoms with Gasteiger partial charge in [0.1, 0.15) is 5.82 Å². The van der Waals surface area contributed by atoms with Crippen LogP contribution >= 0.6 is 0 Å². The van der Waals surface area contributed by atoms with Crippen LogP contribution in [-0.4, -0.2) is 32.8 Å². The van der Waals surface area contributed by atoms with Crippen molar-refractivity contribution in [3.63, 3.8) is 0 Å². The zero-order valence-corrected chi connectivity index (χ0v) is 13.4. The fourth-order valence-electron chi connectivity index (χ4n) is 2.39. The molecule has 0 spiro atoms. The lowest BCUT2D eigenvalue weighted by Crippen LogP contribution is -2.18. The number of hydrogen-bond donors (Lipinski definition) is 1. The van der Waals surface area contributed by atoms with E-state index >= 15 is 0 Å². The summed E-state index contributed by atoms with van der Waals surface area (Å²) >= 11 is 0. The molecule has 0 saturated carbocycles. The molecule has 6 nitrogen and oxygen atoms in total. The molecule has 0 aliphatic carbocycles. The molecule has 0 unspecified atom stereocenters. The van der Waals surface area contributed by atoms with E-state index in [1.54, 1.807) is 32.0 Å². The van der Waals surface area contributed by atoms with Gasteiger partial charge in [0, 0.05) is 11.1 Å². The van der Waals surface area contributed by atoms with Gasteiger partial charge in [-0.3, -0.25) is 0 Å². The summed E-state index contributed by atoms with van der Waals surface area (Å²) in [6.45, 7) is 3.23. The van der Waals surface area contributed by atoms with Crippen LogP contribution in [0, 0.1) is 5.82 Å². The summed E-state index contributed by atoms with van der Waals surface area (Å²) in [5.41, 5.74) is 0.926. The Labute approximate surface area is 137 Å². The monoisotopic (exact) mass is 329 g/mol. The van der Waals surface area contributed by atoms with E-state index in [0.29, 0.717) is 22.5 Å². The van der Waals surface area contributed by atoms with Gasteiger partial charge in [0.05, 0.1) is 24.6 Å². The summed E-state index contributed by atoms with van der Waals surface area (Å²) in [6.07, 6.45) is 1.43.